The van der Waals surface area contributed by atoms with Crippen molar-refractivity contribution in [2.75, 3.05) is 0 Å². The first-order valence-electron chi connectivity index (χ1n) is 11.2. The lowest BCUT2D eigenvalue weighted by Gasteiger charge is -2.42. The molecule has 2 aliphatic rings. The van der Waals surface area contributed by atoms with Gasteiger partial charge in [0.05, 0.1) is 5.56 Å². The lowest BCUT2D eigenvalue weighted by molar-refractivity contribution is 0.115. The lowest BCUT2D eigenvalue weighted by Crippen LogP contribution is -2.30. The molecule has 29 heavy (non-hydrogen) atoms. The molecule has 4 atom stereocenters. The molecule has 154 valence electrons. The second-order valence-electron chi connectivity index (χ2n) is 9.30. The Kier molecular flexibility index (Phi) is 6.18. The Bertz CT molecular complexity index is 828. The van der Waals surface area contributed by atoms with Crippen molar-refractivity contribution in [2.24, 2.45) is 17.8 Å². The molecule has 4 unspecified atom stereocenters. The minimum atomic E-state index is -0.431. The van der Waals surface area contributed by atoms with E-state index in [0.717, 1.165) is 48.1 Å². The molecule has 2 aromatic carbocycles. The molecule has 2 aromatic rings. The molecular formula is C27H32F2. The van der Waals surface area contributed by atoms with E-state index in [1.54, 1.807) is 24.3 Å². The number of fused-ring (bicyclic) bond motifs is 1. The number of hydrogen-bond acceptors (Lipinski definition) is 0. The molecule has 0 bridgehead atoms. The Morgan fingerprint density at radius 2 is 1.59 bits per heavy atom. The van der Waals surface area contributed by atoms with Crippen LogP contribution in [0.15, 0.2) is 49.1 Å². The van der Waals surface area contributed by atoms with Crippen LogP contribution in [0.25, 0.3) is 11.1 Å². The van der Waals surface area contributed by atoms with E-state index in [4.69, 9.17) is 0 Å². The molecule has 0 heterocycles. The number of hydrogen-bond donors (Lipinski definition) is 0. The lowest BCUT2D eigenvalue weighted by atomic mass is 9.63. The van der Waals surface area contributed by atoms with E-state index < -0.39 is 11.6 Å². The molecule has 0 aromatic heterocycles. The molecule has 2 aliphatic carbocycles. The predicted octanol–water partition coefficient (Wildman–Crippen LogP) is 8.21. The summed E-state index contributed by atoms with van der Waals surface area (Å²) in [5.41, 5.74) is 2.65. The summed E-state index contributed by atoms with van der Waals surface area (Å²) in [5.74, 6) is 1.79. The van der Waals surface area contributed by atoms with Crippen LogP contribution in [-0.2, 0) is 0 Å². The van der Waals surface area contributed by atoms with Gasteiger partial charge in [-0.2, -0.15) is 0 Å². The van der Waals surface area contributed by atoms with Gasteiger partial charge in [-0.25, -0.2) is 8.78 Å². The van der Waals surface area contributed by atoms with Gasteiger partial charge in [-0.15, -0.1) is 6.58 Å². The van der Waals surface area contributed by atoms with Gasteiger partial charge in [0.2, 0.25) is 0 Å². The number of aryl methyl sites for hydroxylation is 1. The van der Waals surface area contributed by atoms with Gasteiger partial charge in [0.15, 0.2) is 0 Å². The predicted molar refractivity (Wildman–Crippen MR) is 117 cm³/mol. The third-order valence-corrected chi connectivity index (χ3v) is 7.38. The second-order valence-corrected chi connectivity index (χ2v) is 9.30. The van der Waals surface area contributed by atoms with Crippen LogP contribution < -0.4 is 0 Å². The van der Waals surface area contributed by atoms with E-state index >= 15 is 0 Å². The standard InChI is InChI=1S/C27H32F2/c1-3-4-5-19-8-11-22-15-23(13-12-21(22)14-19)24-16-25(28)27(26(29)17-24)20-9-6-18(2)7-10-20/h3,6-7,9-10,16-17,19,21-23H,1,4-5,8,11-15H2,2H3. The molecule has 0 saturated heterocycles. The highest BCUT2D eigenvalue weighted by Gasteiger charge is 2.36. The number of rotatable bonds is 5. The van der Waals surface area contributed by atoms with E-state index in [-0.39, 0.29) is 11.5 Å². The summed E-state index contributed by atoms with van der Waals surface area (Å²) in [6.07, 6.45) is 11.7. The maximum absolute atomic E-state index is 14.9. The van der Waals surface area contributed by atoms with Crippen molar-refractivity contribution >= 4 is 0 Å². The Hall–Kier alpha value is -1.96. The van der Waals surface area contributed by atoms with Gasteiger partial charge in [-0.3, -0.25) is 0 Å². The number of halogens is 2. The Labute approximate surface area is 174 Å². The molecule has 0 aliphatic heterocycles. The summed E-state index contributed by atoms with van der Waals surface area (Å²) in [7, 11) is 0. The molecule has 4 rings (SSSR count). The summed E-state index contributed by atoms with van der Waals surface area (Å²) in [6.45, 7) is 5.83. The number of allylic oxidation sites excluding steroid dienone is 1. The van der Waals surface area contributed by atoms with Crippen molar-refractivity contribution in [3.63, 3.8) is 0 Å². The SMILES string of the molecule is C=CCCC1CCC2CC(c3cc(F)c(-c4ccc(C)cc4)c(F)c3)CCC2C1. The van der Waals surface area contributed by atoms with Gasteiger partial charge in [0.1, 0.15) is 11.6 Å². The van der Waals surface area contributed by atoms with Gasteiger partial charge in [0, 0.05) is 0 Å². The third-order valence-electron chi connectivity index (χ3n) is 7.38. The molecule has 0 nitrogen and oxygen atoms in total. The zero-order chi connectivity index (χ0) is 20.4. The monoisotopic (exact) mass is 394 g/mol. The van der Waals surface area contributed by atoms with Crippen molar-refractivity contribution in [2.45, 2.75) is 64.2 Å². The fraction of sp³-hybridized carbons (Fsp3) is 0.481. The van der Waals surface area contributed by atoms with Gasteiger partial charge in [-0.05, 0) is 98.8 Å². The fourth-order valence-corrected chi connectivity index (χ4v) is 5.73. The highest BCUT2D eigenvalue weighted by molar-refractivity contribution is 5.65. The van der Waals surface area contributed by atoms with Crippen LogP contribution in [0.5, 0.6) is 0 Å². The van der Waals surface area contributed by atoms with E-state index in [1.807, 2.05) is 25.1 Å². The summed E-state index contributed by atoms with van der Waals surface area (Å²) in [6, 6.07) is 10.6. The zero-order valence-electron chi connectivity index (χ0n) is 17.5. The smallest absolute Gasteiger partial charge is 0.134 e. The Morgan fingerprint density at radius 3 is 2.28 bits per heavy atom. The maximum atomic E-state index is 14.9. The normalized spacial score (nSPS) is 26.7. The van der Waals surface area contributed by atoms with Crippen molar-refractivity contribution < 1.29 is 8.78 Å². The summed E-state index contributed by atoms with van der Waals surface area (Å²) < 4.78 is 29.8. The van der Waals surface area contributed by atoms with Crippen molar-refractivity contribution in [1.82, 2.24) is 0 Å². The van der Waals surface area contributed by atoms with Crippen molar-refractivity contribution in [1.29, 1.82) is 0 Å². The molecule has 0 N–H and O–H groups in total. The average molecular weight is 395 g/mol. The topological polar surface area (TPSA) is 0 Å². The number of benzene rings is 2. The quantitative estimate of drug-likeness (QED) is 0.448. The van der Waals surface area contributed by atoms with Crippen LogP contribution in [0, 0.1) is 36.3 Å². The molecule has 0 spiro atoms. The first kappa shape index (κ1) is 20.3. The molecule has 0 radical (unpaired) electrons. The summed E-state index contributed by atoms with van der Waals surface area (Å²) >= 11 is 0. The molecule has 2 fully saturated rings. The van der Waals surface area contributed by atoms with Gasteiger partial charge >= 0.3 is 0 Å². The zero-order valence-corrected chi connectivity index (χ0v) is 17.5. The van der Waals surface area contributed by atoms with E-state index in [0.29, 0.717) is 5.56 Å². The minimum Gasteiger partial charge on any atom is -0.206 e. The molecule has 0 amide bonds. The minimum absolute atomic E-state index is 0.102. The molecule has 2 saturated carbocycles. The van der Waals surface area contributed by atoms with Crippen LogP contribution in [0.4, 0.5) is 8.78 Å². The average Bonchev–Trinajstić information content (AvgIpc) is 2.72. The van der Waals surface area contributed by atoms with Crippen LogP contribution in [0.2, 0.25) is 0 Å². The summed E-state index contributed by atoms with van der Waals surface area (Å²) in [5, 5.41) is 0. The third kappa shape index (κ3) is 4.47. The van der Waals surface area contributed by atoms with Crippen molar-refractivity contribution in [3.05, 3.63) is 71.8 Å². The van der Waals surface area contributed by atoms with Gasteiger partial charge < -0.3 is 0 Å². The Morgan fingerprint density at radius 1 is 0.931 bits per heavy atom. The fourth-order valence-electron chi connectivity index (χ4n) is 5.73. The van der Waals surface area contributed by atoms with Crippen LogP contribution >= 0.6 is 0 Å². The van der Waals surface area contributed by atoms with Crippen LogP contribution in [0.1, 0.15) is 68.4 Å². The second kappa shape index (κ2) is 8.81. The maximum Gasteiger partial charge on any atom is 0.134 e. The highest BCUT2D eigenvalue weighted by Crippen LogP contribution is 2.48. The van der Waals surface area contributed by atoms with Gasteiger partial charge in [0.25, 0.3) is 0 Å². The van der Waals surface area contributed by atoms with E-state index in [2.05, 4.69) is 6.58 Å². The summed E-state index contributed by atoms with van der Waals surface area (Å²) in [4.78, 5) is 0. The highest BCUT2D eigenvalue weighted by atomic mass is 19.1. The largest absolute Gasteiger partial charge is 0.206 e. The van der Waals surface area contributed by atoms with Gasteiger partial charge in [-0.1, -0.05) is 42.3 Å². The molecular weight excluding hydrogens is 362 g/mol. The Balaban J connectivity index is 1.47. The molecule has 2 heteroatoms. The van der Waals surface area contributed by atoms with Crippen LogP contribution in [-0.4, -0.2) is 0 Å². The first-order chi connectivity index (χ1) is 14.0. The van der Waals surface area contributed by atoms with E-state index in [9.17, 15) is 8.78 Å². The van der Waals surface area contributed by atoms with Crippen LogP contribution in [0.3, 0.4) is 0 Å². The van der Waals surface area contributed by atoms with E-state index in [1.165, 1.54) is 32.1 Å². The first-order valence-corrected chi connectivity index (χ1v) is 11.2. The van der Waals surface area contributed by atoms with Crippen molar-refractivity contribution in [3.8, 4) is 11.1 Å².